The van der Waals surface area contributed by atoms with E-state index in [0.29, 0.717) is 5.95 Å². The molecule has 0 radical (unpaired) electrons. The Kier molecular flexibility index (Phi) is 5.03. The molecule has 3 aromatic heterocycles. The monoisotopic (exact) mass is 588 g/mol. The number of para-hydroxylation sites is 1. The van der Waals surface area contributed by atoms with E-state index in [0.717, 1.165) is 44.0 Å². The fraction of sp³-hybridized carbons (Fsp3) is 0.0714. The van der Waals surface area contributed by atoms with Gasteiger partial charge < -0.3 is 0 Å². The Bertz CT molecular complexity index is 2720. The molecule has 3 heterocycles. The van der Waals surface area contributed by atoms with Crippen LogP contribution in [0.1, 0.15) is 25.0 Å². The molecule has 1 aliphatic carbocycles. The molecular weight excluding hydrogens is 560 g/mol. The molecule has 4 heteroatoms. The maximum Gasteiger partial charge on any atom is 0.235 e. The van der Waals surface area contributed by atoms with E-state index >= 15 is 0 Å². The summed E-state index contributed by atoms with van der Waals surface area (Å²) in [6.07, 6.45) is 3.97. The van der Waals surface area contributed by atoms with Crippen molar-refractivity contribution in [1.82, 2.24) is 19.5 Å². The normalized spacial score (nSPS) is 13.6. The zero-order valence-corrected chi connectivity index (χ0v) is 25.5. The van der Waals surface area contributed by atoms with E-state index in [4.69, 9.17) is 9.97 Å². The number of hydrogen-bond acceptors (Lipinski definition) is 3. The summed E-state index contributed by atoms with van der Waals surface area (Å²) in [5.74, 6) is 0.673. The molecule has 0 bridgehead atoms. The van der Waals surface area contributed by atoms with Crippen LogP contribution in [0.15, 0.2) is 134 Å². The van der Waals surface area contributed by atoms with E-state index in [1.54, 1.807) is 0 Å². The van der Waals surface area contributed by atoms with Gasteiger partial charge in [-0.3, -0.25) is 9.55 Å². The van der Waals surface area contributed by atoms with E-state index in [1.807, 2.05) is 6.20 Å². The highest BCUT2D eigenvalue weighted by atomic mass is 15.2. The third-order valence-corrected chi connectivity index (χ3v) is 10.0. The van der Waals surface area contributed by atoms with Crippen molar-refractivity contribution in [2.45, 2.75) is 19.3 Å². The van der Waals surface area contributed by atoms with Gasteiger partial charge in [-0.15, -0.1) is 0 Å². The van der Waals surface area contributed by atoms with Crippen LogP contribution in [0.25, 0.3) is 82.6 Å². The van der Waals surface area contributed by atoms with E-state index in [9.17, 15) is 0 Å². The summed E-state index contributed by atoms with van der Waals surface area (Å²) in [6.45, 7) is 4.68. The van der Waals surface area contributed by atoms with Crippen molar-refractivity contribution in [3.8, 4) is 28.3 Å². The van der Waals surface area contributed by atoms with Crippen molar-refractivity contribution in [2.75, 3.05) is 0 Å². The first-order chi connectivity index (χ1) is 22.6. The maximum atomic E-state index is 5.47. The molecular formula is C42H28N4. The third kappa shape index (κ3) is 3.25. The molecule has 0 saturated carbocycles. The summed E-state index contributed by atoms with van der Waals surface area (Å²) in [5.41, 5.74) is 10.1. The van der Waals surface area contributed by atoms with E-state index in [2.05, 4.69) is 151 Å². The fourth-order valence-corrected chi connectivity index (χ4v) is 8.08. The van der Waals surface area contributed by atoms with Crippen LogP contribution in [-0.2, 0) is 5.41 Å². The molecule has 0 atom stereocenters. The van der Waals surface area contributed by atoms with Gasteiger partial charge in [-0.25, -0.2) is 9.97 Å². The van der Waals surface area contributed by atoms with Gasteiger partial charge in [-0.1, -0.05) is 117 Å². The molecule has 9 aromatic rings. The Labute approximate surface area is 265 Å². The van der Waals surface area contributed by atoms with Crippen molar-refractivity contribution in [3.63, 3.8) is 0 Å². The summed E-state index contributed by atoms with van der Waals surface area (Å²) < 4.78 is 2.33. The topological polar surface area (TPSA) is 43.6 Å². The summed E-state index contributed by atoms with van der Waals surface area (Å²) in [7, 11) is 0. The molecule has 216 valence electrons. The second-order valence-electron chi connectivity index (χ2n) is 12.8. The highest BCUT2D eigenvalue weighted by molar-refractivity contribution is 6.27. The van der Waals surface area contributed by atoms with Crippen molar-refractivity contribution in [2.24, 2.45) is 0 Å². The Morgan fingerprint density at radius 2 is 1.37 bits per heavy atom. The molecule has 0 spiro atoms. The van der Waals surface area contributed by atoms with Gasteiger partial charge in [0.1, 0.15) is 0 Å². The van der Waals surface area contributed by atoms with Gasteiger partial charge >= 0.3 is 0 Å². The first kappa shape index (κ1) is 25.5. The number of hydrogen-bond donors (Lipinski definition) is 0. The minimum Gasteiger partial charge on any atom is -0.277 e. The van der Waals surface area contributed by atoms with Crippen LogP contribution in [0, 0.1) is 0 Å². The van der Waals surface area contributed by atoms with Crippen LogP contribution >= 0.6 is 0 Å². The van der Waals surface area contributed by atoms with Crippen molar-refractivity contribution >= 4 is 54.3 Å². The SMILES string of the molecule is CC1(C)c2ccccc2-c2c1c1cnccc1c1c3ccccc3n(-c3nc(-c4ccccc4)c4ccc5ccccc5c4n3)c21. The Morgan fingerprint density at radius 3 is 2.26 bits per heavy atom. The van der Waals surface area contributed by atoms with Crippen LogP contribution in [0.3, 0.4) is 0 Å². The van der Waals surface area contributed by atoms with Crippen LogP contribution in [0.4, 0.5) is 0 Å². The lowest BCUT2D eigenvalue weighted by Crippen LogP contribution is -2.15. The minimum absolute atomic E-state index is 0.210. The molecule has 6 aromatic carbocycles. The standard InChI is InChI=1S/C42H28N4/c1-42(2)33-18-10-8-16-29(33)36-37(42)32-24-43-23-22-28(32)35-30-17-9-11-19-34(30)46(40(35)36)41-44-38(26-13-4-3-5-14-26)31-21-20-25-12-6-7-15-27(25)39(31)45-41/h3-24H,1-2H3. The average Bonchev–Trinajstić information content (AvgIpc) is 3.58. The number of pyridine rings is 1. The van der Waals surface area contributed by atoms with E-state index < -0.39 is 0 Å². The fourth-order valence-electron chi connectivity index (χ4n) is 8.08. The minimum atomic E-state index is -0.210. The lowest BCUT2D eigenvalue weighted by Gasteiger charge is -2.23. The summed E-state index contributed by atoms with van der Waals surface area (Å²) in [6, 6.07) is 43.1. The number of fused-ring (bicyclic) bond motifs is 13. The zero-order valence-electron chi connectivity index (χ0n) is 25.5. The van der Waals surface area contributed by atoms with Crippen LogP contribution in [-0.4, -0.2) is 19.5 Å². The van der Waals surface area contributed by atoms with Crippen LogP contribution in [0.5, 0.6) is 0 Å². The van der Waals surface area contributed by atoms with Crippen LogP contribution < -0.4 is 0 Å². The number of rotatable bonds is 2. The summed E-state index contributed by atoms with van der Waals surface area (Å²) in [5, 5.41) is 8.12. The Morgan fingerprint density at radius 1 is 0.609 bits per heavy atom. The number of benzene rings is 6. The molecule has 1 aliphatic rings. The van der Waals surface area contributed by atoms with Gasteiger partial charge in [0.05, 0.1) is 22.2 Å². The Hall–Kier alpha value is -5.87. The first-order valence-corrected chi connectivity index (χ1v) is 15.8. The first-order valence-electron chi connectivity index (χ1n) is 15.8. The average molecular weight is 589 g/mol. The molecule has 0 unspecified atom stereocenters. The van der Waals surface area contributed by atoms with Gasteiger partial charge in [0.2, 0.25) is 5.95 Å². The quantitative estimate of drug-likeness (QED) is 0.189. The predicted octanol–water partition coefficient (Wildman–Crippen LogP) is 10.4. The predicted molar refractivity (Wildman–Crippen MR) is 190 cm³/mol. The molecule has 4 nitrogen and oxygen atoms in total. The van der Waals surface area contributed by atoms with Crippen molar-refractivity contribution < 1.29 is 0 Å². The van der Waals surface area contributed by atoms with Crippen molar-refractivity contribution in [3.05, 3.63) is 145 Å². The van der Waals surface area contributed by atoms with Crippen LogP contribution in [0.2, 0.25) is 0 Å². The second-order valence-corrected chi connectivity index (χ2v) is 12.8. The maximum absolute atomic E-state index is 5.47. The van der Waals surface area contributed by atoms with Gasteiger partial charge in [-0.2, -0.15) is 0 Å². The number of nitrogens with zero attached hydrogens (tertiary/aromatic N) is 4. The molecule has 46 heavy (non-hydrogen) atoms. The molecule has 0 aliphatic heterocycles. The van der Waals surface area contributed by atoms with Gasteiger partial charge in [0.15, 0.2) is 0 Å². The molecule has 0 fully saturated rings. The van der Waals surface area contributed by atoms with Crippen molar-refractivity contribution in [1.29, 1.82) is 0 Å². The van der Waals surface area contributed by atoms with Gasteiger partial charge in [0.25, 0.3) is 0 Å². The number of aromatic nitrogens is 4. The molecule has 0 amide bonds. The highest BCUT2D eigenvalue weighted by Crippen LogP contribution is 2.56. The summed E-state index contributed by atoms with van der Waals surface area (Å²) in [4.78, 5) is 15.6. The molecule has 0 N–H and O–H groups in total. The largest absolute Gasteiger partial charge is 0.277 e. The summed E-state index contributed by atoms with van der Waals surface area (Å²) >= 11 is 0. The Balaban J connectivity index is 1.46. The van der Waals surface area contributed by atoms with E-state index in [1.165, 1.54) is 43.8 Å². The second kappa shape index (κ2) is 9.09. The highest BCUT2D eigenvalue weighted by Gasteiger charge is 2.40. The third-order valence-electron chi connectivity index (χ3n) is 10.0. The van der Waals surface area contributed by atoms with Gasteiger partial charge in [0, 0.05) is 55.9 Å². The lowest BCUT2D eigenvalue weighted by molar-refractivity contribution is 0.666. The lowest BCUT2D eigenvalue weighted by atomic mass is 9.80. The molecule has 0 saturated heterocycles. The van der Waals surface area contributed by atoms with Gasteiger partial charge in [-0.05, 0) is 45.7 Å². The smallest absolute Gasteiger partial charge is 0.235 e. The zero-order chi connectivity index (χ0) is 30.6. The van der Waals surface area contributed by atoms with E-state index in [-0.39, 0.29) is 5.41 Å². The molecule has 10 rings (SSSR count).